The van der Waals surface area contributed by atoms with Crippen molar-refractivity contribution in [3.8, 4) is 0 Å². The van der Waals surface area contributed by atoms with Gasteiger partial charge >= 0.3 is 0 Å². The number of nitrogens with zero attached hydrogens (tertiary/aromatic N) is 3. The summed E-state index contributed by atoms with van der Waals surface area (Å²) in [7, 11) is 2.11. The summed E-state index contributed by atoms with van der Waals surface area (Å²) in [6.07, 6.45) is 8.30. The molecule has 6 nitrogen and oxygen atoms in total. The molecule has 0 bridgehead atoms. The molecule has 6 heteroatoms. The summed E-state index contributed by atoms with van der Waals surface area (Å²) in [5, 5.41) is 13.6. The van der Waals surface area contributed by atoms with E-state index in [9.17, 15) is 0 Å². The van der Waals surface area contributed by atoms with Crippen LogP contribution in [0.25, 0.3) is 0 Å². The van der Waals surface area contributed by atoms with Crippen molar-refractivity contribution >= 4 is 0 Å². The minimum absolute atomic E-state index is 1.07. The Hall–Kier alpha value is -1.46. The lowest BCUT2D eigenvalue weighted by atomic mass is 10.2. The van der Waals surface area contributed by atoms with Gasteiger partial charge in [0.25, 0.3) is 5.09 Å². The van der Waals surface area contributed by atoms with E-state index in [0.29, 0.717) is 0 Å². The SMILES string of the molecule is CCCCCN1C=CN(C)C1.O=[N+]([O-])O. The Bertz CT molecular complexity index is 205. The van der Waals surface area contributed by atoms with Crippen LogP contribution in [0.2, 0.25) is 0 Å². The van der Waals surface area contributed by atoms with Crippen molar-refractivity contribution in [3.63, 3.8) is 0 Å². The highest BCUT2D eigenvalue weighted by molar-refractivity contribution is 4.88. The molecule has 0 unspecified atom stereocenters. The van der Waals surface area contributed by atoms with E-state index in [-0.39, 0.29) is 0 Å². The van der Waals surface area contributed by atoms with Crippen LogP contribution in [-0.4, -0.2) is 40.4 Å². The fraction of sp³-hybridized carbons (Fsp3) is 0.778. The van der Waals surface area contributed by atoms with Gasteiger partial charge in [0.1, 0.15) is 0 Å². The van der Waals surface area contributed by atoms with Crippen molar-refractivity contribution < 1.29 is 10.3 Å². The number of hydrogen-bond donors (Lipinski definition) is 1. The molecule has 0 atom stereocenters. The van der Waals surface area contributed by atoms with E-state index >= 15 is 0 Å². The molecule has 0 amide bonds. The number of rotatable bonds is 4. The summed E-state index contributed by atoms with van der Waals surface area (Å²) in [5.74, 6) is 0. The lowest BCUT2D eigenvalue weighted by molar-refractivity contribution is -0.742. The van der Waals surface area contributed by atoms with Crippen LogP contribution in [-0.2, 0) is 0 Å². The molecule has 1 N–H and O–H groups in total. The second-order valence-electron chi connectivity index (χ2n) is 3.45. The lowest BCUT2D eigenvalue weighted by Crippen LogP contribution is -2.23. The Morgan fingerprint density at radius 1 is 1.47 bits per heavy atom. The van der Waals surface area contributed by atoms with Gasteiger partial charge in [-0.25, -0.2) is 0 Å². The molecule has 0 saturated heterocycles. The minimum Gasteiger partial charge on any atom is -0.362 e. The molecule has 0 radical (unpaired) electrons. The van der Waals surface area contributed by atoms with Crippen LogP contribution >= 0.6 is 0 Å². The Morgan fingerprint density at radius 2 is 2.07 bits per heavy atom. The predicted octanol–water partition coefficient (Wildman–Crippen LogP) is 1.50. The van der Waals surface area contributed by atoms with Gasteiger partial charge in [-0.3, -0.25) is 0 Å². The van der Waals surface area contributed by atoms with Gasteiger partial charge in [-0.1, -0.05) is 19.8 Å². The average Bonchev–Trinajstić information content (AvgIpc) is 2.51. The van der Waals surface area contributed by atoms with Crippen LogP contribution in [0.15, 0.2) is 12.4 Å². The zero-order valence-electron chi connectivity index (χ0n) is 9.30. The van der Waals surface area contributed by atoms with E-state index in [0.717, 1.165) is 6.67 Å². The molecule has 1 aliphatic rings. The maximum atomic E-state index is 8.36. The van der Waals surface area contributed by atoms with Gasteiger partial charge in [0.15, 0.2) is 0 Å². The van der Waals surface area contributed by atoms with E-state index in [2.05, 4.69) is 36.2 Å². The summed E-state index contributed by atoms with van der Waals surface area (Å²) < 4.78 is 0. The van der Waals surface area contributed by atoms with Crippen molar-refractivity contribution in [2.24, 2.45) is 0 Å². The average molecular weight is 217 g/mol. The van der Waals surface area contributed by atoms with E-state index in [4.69, 9.17) is 15.3 Å². The van der Waals surface area contributed by atoms with Gasteiger partial charge in [-0.05, 0) is 6.42 Å². The topological polar surface area (TPSA) is 69.9 Å². The molecule has 0 aromatic rings. The van der Waals surface area contributed by atoms with Crippen molar-refractivity contribution in [1.82, 2.24) is 9.80 Å². The van der Waals surface area contributed by atoms with Crippen LogP contribution in [0.1, 0.15) is 26.2 Å². The number of unbranched alkanes of at least 4 members (excludes halogenated alkanes) is 2. The zero-order chi connectivity index (χ0) is 11.7. The first-order chi connectivity index (χ1) is 7.06. The van der Waals surface area contributed by atoms with Gasteiger partial charge < -0.3 is 15.0 Å². The molecule has 0 spiro atoms. The first kappa shape index (κ1) is 13.5. The van der Waals surface area contributed by atoms with Crippen LogP contribution < -0.4 is 0 Å². The Balaban J connectivity index is 0.000000423. The minimum atomic E-state index is -1.50. The highest BCUT2D eigenvalue weighted by atomic mass is 16.9. The summed E-state index contributed by atoms with van der Waals surface area (Å²) in [5.41, 5.74) is 0. The molecule has 1 rings (SSSR count). The van der Waals surface area contributed by atoms with Crippen molar-refractivity contribution in [2.45, 2.75) is 26.2 Å². The van der Waals surface area contributed by atoms with Crippen LogP contribution in [0, 0.1) is 10.1 Å². The summed E-state index contributed by atoms with van der Waals surface area (Å²) in [6.45, 7) is 4.53. The monoisotopic (exact) mass is 217 g/mol. The third-order valence-corrected chi connectivity index (χ3v) is 1.99. The highest BCUT2D eigenvalue weighted by Gasteiger charge is 2.06. The largest absolute Gasteiger partial charge is 0.362 e. The van der Waals surface area contributed by atoms with E-state index < -0.39 is 5.09 Å². The Morgan fingerprint density at radius 3 is 2.47 bits per heavy atom. The second kappa shape index (κ2) is 7.90. The van der Waals surface area contributed by atoms with Gasteiger partial charge in [-0.15, -0.1) is 10.1 Å². The maximum absolute atomic E-state index is 8.36. The van der Waals surface area contributed by atoms with Crippen molar-refractivity contribution in [3.05, 3.63) is 22.5 Å². The zero-order valence-corrected chi connectivity index (χ0v) is 9.30. The van der Waals surface area contributed by atoms with Crippen molar-refractivity contribution in [1.29, 1.82) is 0 Å². The molecule has 15 heavy (non-hydrogen) atoms. The summed E-state index contributed by atoms with van der Waals surface area (Å²) in [6, 6.07) is 0. The van der Waals surface area contributed by atoms with E-state index in [1.165, 1.54) is 25.8 Å². The third-order valence-electron chi connectivity index (χ3n) is 1.99. The highest BCUT2D eigenvalue weighted by Crippen LogP contribution is 2.05. The first-order valence-corrected chi connectivity index (χ1v) is 5.02. The molecule has 88 valence electrons. The quantitative estimate of drug-likeness (QED) is 0.439. The molecule has 1 heterocycles. The second-order valence-corrected chi connectivity index (χ2v) is 3.45. The molecule has 0 aromatic heterocycles. The molecule has 0 aromatic carbocycles. The smallest absolute Gasteiger partial charge is 0.291 e. The Kier molecular flexibility index (Phi) is 7.13. The fourth-order valence-electron chi connectivity index (χ4n) is 1.30. The molecular weight excluding hydrogens is 198 g/mol. The molecule has 0 aliphatic carbocycles. The van der Waals surface area contributed by atoms with Crippen LogP contribution in [0.3, 0.4) is 0 Å². The predicted molar refractivity (Wildman–Crippen MR) is 56.8 cm³/mol. The fourth-order valence-corrected chi connectivity index (χ4v) is 1.30. The summed E-state index contributed by atoms with van der Waals surface area (Å²) >= 11 is 0. The first-order valence-electron chi connectivity index (χ1n) is 5.02. The maximum Gasteiger partial charge on any atom is 0.291 e. The van der Waals surface area contributed by atoms with Gasteiger partial charge in [-0.2, -0.15) is 0 Å². The molecular formula is C9H19N3O3. The molecule has 1 aliphatic heterocycles. The summed E-state index contributed by atoms with van der Waals surface area (Å²) in [4.78, 5) is 12.9. The van der Waals surface area contributed by atoms with Gasteiger partial charge in [0.2, 0.25) is 0 Å². The lowest BCUT2D eigenvalue weighted by Gasteiger charge is -2.17. The van der Waals surface area contributed by atoms with Gasteiger partial charge in [0.05, 0.1) is 6.67 Å². The van der Waals surface area contributed by atoms with Crippen LogP contribution in [0.4, 0.5) is 0 Å². The molecule has 0 fully saturated rings. The molecule has 0 saturated carbocycles. The Labute approximate surface area is 89.9 Å². The van der Waals surface area contributed by atoms with E-state index in [1.807, 2.05) is 0 Å². The van der Waals surface area contributed by atoms with Gasteiger partial charge in [0, 0.05) is 26.0 Å². The normalized spacial score (nSPS) is 13.7. The number of hydrogen-bond acceptors (Lipinski definition) is 4. The van der Waals surface area contributed by atoms with Crippen LogP contribution in [0.5, 0.6) is 0 Å². The third kappa shape index (κ3) is 8.86. The van der Waals surface area contributed by atoms with Crippen molar-refractivity contribution in [2.75, 3.05) is 20.3 Å². The standard InChI is InChI=1S/C9H18N2.HNO3/c1-3-4-5-6-11-8-7-10(2)9-11;2-1(3)4/h7-8H,3-6,9H2,1-2H3;(H,2,3,4). The van der Waals surface area contributed by atoms with E-state index in [1.54, 1.807) is 0 Å².